The van der Waals surface area contributed by atoms with Crippen LogP contribution in [0.15, 0.2) is 42.9 Å². The topological polar surface area (TPSA) is 75.8 Å². The molecule has 4 aromatic rings. The van der Waals surface area contributed by atoms with Gasteiger partial charge < -0.3 is 14.6 Å². The van der Waals surface area contributed by atoms with Gasteiger partial charge in [0.2, 0.25) is 0 Å². The number of aromatic nitrogens is 3. The van der Waals surface area contributed by atoms with Gasteiger partial charge in [-0.2, -0.15) is 5.26 Å². The molecule has 0 saturated carbocycles. The molecule has 3 aromatic heterocycles. The number of nitrogens with zero attached hydrogens (tertiary/aromatic N) is 4. The van der Waals surface area contributed by atoms with Gasteiger partial charge in [-0.3, -0.25) is 0 Å². The summed E-state index contributed by atoms with van der Waals surface area (Å²) in [5, 5.41) is 13.5. The molecule has 1 aliphatic heterocycles. The van der Waals surface area contributed by atoms with Crippen molar-refractivity contribution in [2.75, 3.05) is 13.1 Å². The zero-order valence-electron chi connectivity index (χ0n) is 19.4. The molecule has 0 bridgehead atoms. The largest absolute Gasteiger partial charge is 0.369 e. The molecule has 0 spiro atoms. The average molecular weight is 492 g/mol. The minimum atomic E-state index is -0.199. The fraction of sp³-hybridized carbons (Fsp3) is 0.346. The lowest BCUT2D eigenvalue weighted by Gasteiger charge is -2.37. The summed E-state index contributed by atoms with van der Waals surface area (Å²) in [5.41, 5.74) is 5.57. The molecule has 1 unspecified atom stereocenters. The predicted molar refractivity (Wildman–Crippen MR) is 136 cm³/mol. The highest BCUT2D eigenvalue weighted by molar-refractivity contribution is 7.19. The minimum absolute atomic E-state index is 0.0664. The smallest absolute Gasteiger partial charge is 0.120 e. The molecule has 1 fully saturated rings. The molecular weight excluding hydrogens is 466 g/mol. The molecule has 0 amide bonds. The van der Waals surface area contributed by atoms with Gasteiger partial charge in [0.1, 0.15) is 18.1 Å². The van der Waals surface area contributed by atoms with Crippen LogP contribution in [0.2, 0.25) is 5.02 Å². The Hall–Kier alpha value is -2.76. The Morgan fingerprint density at radius 1 is 1.32 bits per heavy atom. The third-order valence-corrected chi connectivity index (χ3v) is 7.50. The molecule has 1 aliphatic rings. The van der Waals surface area contributed by atoms with Crippen LogP contribution < -0.4 is 5.32 Å². The average Bonchev–Trinajstić information content (AvgIpc) is 3.40. The van der Waals surface area contributed by atoms with Crippen molar-refractivity contribution < 1.29 is 4.74 Å². The van der Waals surface area contributed by atoms with E-state index in [2.05, 4.69) is 43.2 Å². The Kier molecular flexibility index (Phi) is 6.17. The molecule has 0 radical (unpaired) electrons. The maximum Gasteiger partial charge on any atom is 0.120 e. The van der Waals surface area contributed by atoms with Crippen LogP contribution in [0.3, 0.4) is 0 Å². The van der Waals surface area contributed by atoms with Crippen molar-refractivity contribution in [2.24, 2.45) is 0 Å². The number of nitriles is 1. The first-order valence-corrected chi connectivity index (χ1v) is 12.5. The highest BCUT2D eigenvalue weighted by Gasteiger charge is 2.29. The zero-order chi connectivity index (χ0) is 23.9. The first kappa shape index (κ1) is 23.0. The summed E-state index contributed by atoms with van der Waals surface area (Å²) in [6.45, 7) is 8.60. The minimum Gasteiger partial charge on any atom is -0.369 e. The van der Waals surface area contributed by atoms with Gasteiger partial charge in [0.25, 0.3) is 0 Å². The van der Waals surface area contributed by atoms with Gasteiger partial charge in [-0.25, -0.2) is 9.97 Å². The number of nitrogens with one attached hydrogen (secondary N) is 1. The standard InChI is InChI=1S/C26H26ClN5OS/c1-16-7-17(27)8-22(21(16)9-19-12-29-14-26(2,3)33-19)24-25-23(30-15-31-24)10-20(34-25)13-32-6-4-5-18(32)11-28/h4-8,10,15,19,29H,9,12-14H2,1-3H3. The van der Waals surface area contributed by atoms with Crippen molar-refractivity contribution in [1.82, 2.24) is 19.9 Å². The van der Waals surface area contributed by atoms with E-state index >= 15 is 0 Å². The van der Waals surface area contributed by atoms with E-state index in [-0.39, 0.29) is 11.7 Å². The van der Waals surface area contributed by atoms with E-state index in [1.165, 1.54) is 5.56 Å². The molecule has 34 heavy (non-hydrogen) atoms. The quantitative estimate of drug-likeness (QED) is 0.407. The van der Waals surface area contributed by atoms with Crippen LogP contribution in [0.25, 0.3) is 21.5 Å². The summed E-state index contributed by atoms with van der Waals surface area (Å²) in [6, 6.07) is 12.1. The van der Waals surface area contributed by atoms with E-state index in [0.29, 0.717) is 17.3 Å². The maximum absolute atomic E-state index is 9.35. The van der Waals surface area contributed by atoms with E-state index in [1.54, 1.807) is 17.7 Å². The van der Waals surface area contributed by atoms with E-state index in [1.807, 2.05) is 35.0 Å². The van der Waals surface area contributed by atoms with Crippen molar-refractivity contribution in [3.05, 3.63) is 69.6 Å². The van der Waals surface area contributed by atoms with Gasteiger partial charge in [0.15, 0.2) is 0 Å². The number of hydrogen-bond acceptors (Lipinski definition) is 6. The summed E-state index contributed by atoms with van der Waals surface area (Å²) >= 11 is 8.19. The fourth-order valence-corrected chi connectivity index (χ4v) is 6.05. The van der Waals surface area contributed by atoms with Gasteiger partial charge in [0.05, 0.1) is 34.2 Å². The molecule has 6 nitrogen and oxygen atoms in total. The van der Waals surface area contributed by atoms with Crippen LogP contribution in [-0.4, -0.2) is 39.3 Å². The molecule has 0 aliphatic carbocycles. The van der Waals surface area contributed by atoms with Crippen LogP contribution in [0.4, 0.5) is 0 Å². The van der Waals surface area contributed by atoms with Gasteiger partial charge in [-0.1, -0.05) is 11.6 Å². The molecule has 4 heterocycles. The predicted octanol–water partition coefficient (Wildman–Crippen LogP) is 5.35. The zero-order valence-corrected chi connectivity index (χ0v) is 21.0. The van der Waals surface area contributed by atoms with Crippen LogP contribution in [-0.2, 0) is 17.7 Å². The summed E-state index contributed by atoms with van der Waals surface area (Å²) in [4.78, 5) is 10.4. The second-order valence-corrected chi connectivity index (χ2v) is 10.9. The first-order valence-electron chi connectivity index (χ1n) is 11.3. The monoisotopic (exact) mass is 491 g/mol. The van der Waals surface area contributed by atoms with Crippen molar-refractivity contribution >= 4 is 33.2 Å². The van der Waals surface area contributed by atoms with Gasteiger partial charge in [-0.05, 0) is 62.2 Å². The third-order valence-electron chi connectivity index (χ3n) is 6.17. The molecule has 174 valence electrons. The number of aryl methyl sites for hydroxylation is 1. The van der Waals surface area contributed by atoms with Gasteiger partial charge in [-0.15, -0.1) is 11.3 Å². The van der Waals surface area contributed by atoms with E-state index < -0.39 is 0 Å². The Balaban J connectivity index is 1.55. The second-order valence-electron chi connectivity index (χ2n) is 9.37. The third kappa shape index (κ3) is 4.59. The van der Waals surface area contributed by atoms with E-state index in [4.69, 9.17) is 21.3 Å². The molecule has 1 aromatic carbocycles. The molecule has 1 atom stereocenters. The SMILES string of the molecule is Cc1cc(Cl)cc(-c2ncnc3cc(Cn4cccc4C#N)sc23)c1CC1CNCC(C)(C)O1. The number of thiophene rings is 1. The lowest BCUT2D eigenvalue weighted by Crippen LogP contribution is -2.51. The number of fused-ring (bicyclic) bond motifs is 1. The Morgan fingerprint density at radius 3 is 2.97 bits per heavy atom. The second kappa shape index (κ2) is 9.12. The number of benzene rings is 1. The first-order chi connectivity index (χ1) is 16.3. The molecule has 1 saturated heterocycles. The lowest BCUT2D eigenvalue weighted by molar-refractivity contribution is -0.0928. The normalized spacial score (nSPS) is 17.7. The van der Waals surface area contributed by atoms with Gasteiger partial charge >= 0.3 is 0 Å². The molecule has 8 heteroatoms. The van der Waals surface area contributed by atoms with E-state index in [9.17, 15) is 5.26 Å². The van der Waals surface area contributed by atoms with Gasteiger partial charge in [0, 0.05) is 41.2 Å². The summed E-state index contributed by atoms with van der Waals surface area (Å²) in [7, 11) is 0. The number of halogens is 1. The lowest BCUT2D eigenvalue weighted by atomic mass is 9.93. The summed E-state index contributed by atoms with van der Waals surface area (Å²) in [6.07, 6.45) is 4.38. The van der Waals surface area contributed by atoms with Crippen LogP contribution in [0, 0.1) is 18.3 Å². The maximum atomic E-state index is 9.35. The number of rotatable bonds is 5. The number of morpholine rings is 1. The Morgan fingerprint density at radius 2 is 2.18 bits per heavy atom. The summed E-state index contributed by atoms with van der Waals surface area (Å²) < 4.78 is 9.34. The Labute approximate surface area is 208 Å². The highest BCUT2D eigenvalue weighted by atomic mass is 35.5. The van der Waals surface area contributed by atoms with Crippen molar-refractivity contribution in [2.45, 2.75) is 45.4 Å². The summed E-state index contributed by atoms with van der Waals surface area (Å²) in [5.74, 6) is 0. The number of ether oxygens (including phenoxy) is 1. The van der Waals surface area contributed by atoms with Crippen molar-refractivity contribution in [3.8, 4) is 17.3 Å². The number of hydrogen-bond donors (Lipinski definition) is 1. The molecular formula is C26H26ClN5OS. The highest BCUT2D eigenvalue weighted by Crippen LogP contribution is 2.37. The van der Waals surface area contributed by atoms with Crippen LogP contribution >= 0.6 is 22.9 Å². The van der Waals surface area contributed by atoms with Crippen LogP contribution in [0.1, 0.15) is 35.5 Å². The Bertz CT molecular complexity index is 1400. The van der Waals surface area contributed by atoms with E-state index in [0.717, 1.165) is 51.4 Å². The molecule has 1 N–H and O–H groups in total. The van der Waals surface area contributed by atoms with Crippen molar-refractivity contribution in [1.29, 1.82) is 5.26 Å². The van der Waals surface area contributed by atoms with Crippen LogP contribution in [0.5, 0.6) is 0 Å². The molecule has 5 rings (SSSR count). The fourth-order valence-electron chi connectivity index (χ4n) is 4.66. The van der Waals surface area contributed by atoms with Crippen molar-refractivity contribution in [3.63, 3.8) is 0 Å².